The van der Waals surface area contributed by atoms with E-state index in [1.165, 1.54) is 0 Å². The van der Waals surface area contributed by atoms with Gasteiger partial charge in [0.15, 0.2) is 11.5 Å². The van der Waals surface area contributed by atoms with E-state index in [1.54, 1.807) is 6.07 Å². The first kappa shape index (κ1) is 7.39. The van der Waals surface area contributed by atoms with Gasteiger partial charge in [-0.15, -0.1) is 0 Å². The Labute approximate surface area is 70.1 Å². The Kier molecular flexibility index (Phi) is 1.31. The molecule has 12 heavy (non-hydrogen) atoms. The van der Waals surface area contributed by atoms with Crippen LogP contribution in [0, 0.1) is 6.92 Å². The molecule has 0 bridgehead atoms. The van der Waals surface area contributed by atoms with Gasteiger partial charge in [0.2, 0.25) is 0 Å². The minimum Gasteiger partial charge on any atom is -0.423 e. The average molecular weight is 166 g/mol. The lowest BCUT2D eigenvalue weighted by atomic mass is 10.2. The van der Waals surface area contributed by atoms with Crippen molar-refractivity contribution in [3.05, 3.63) is 23.8 Å². The summed E-state index contributed by atoms with van der Waals surface area (Å²) in [6.07, 6.45) is 0. The van der Waals surface area contributed by atoms with E-state index in [-0.39, 0.29) is 0 Å². The molecule has 0 aromatic heterocycles. The first-order valence-electron chi connectivity index (χ1n) is 3.64. The Morgan fingerprint density at radius 3 is 2.67 bits per heavy atom. The lowest BCUT2D eigenvalue weighted by molar-refractivity contribution is -0.0674. The first-order valence-corrected chi connectivity index (χ1v) is 3.64. The van der Waals surface area contributed by atoms with E-state index in [4.69, 9.17) is 20.9 Å². The number of para-hydroxylation sites is 1. The molecule has 1 aromatic rings. The van der Waals surface area contributed by atoms with Crippen LogP contribution in [0.3, 0.4) is 0 Å². The third kappa shape index (κ3) is 1.01. The molecule has 1 aliphatic heterocycles. The van der Waals surface area contributed by atoms with Crippen molar-refractivity contribution in [2.24, 2.45) is 11.5 Å². The Morgan fingerprint density at radius 2 is 2.00 bits per heavy atom. The maximum Gasteiger partial charge on any atom is 0.376 e. The summed E-state index contributed by atoms with van der Waals surface area (Å²) in [5.41, 5.74) is 11.8. The first-order chi connectivity index (χ1) is 5.58. The van der Waals surface area contributed by atoms with E-state index >= 15 is 0 Å². The van der Waals surface area contributed by atoms with Crippen LogP contribution >= 0.6 is 0 Å². The molecule has 0 aliphatic carbocycles. The number of rotatable bonds is 0. The van der Waals surface area contributed by atoms with Crippen LogP contribution in [0.4, 0.5) is 0 Å². The quantitative estimate of drug-likeness (QED) is 0.543. The normalized spacial score (nSPS) is 17.9. The van der Waals surface area contributed by atoms with E-state index < -0.39 is 6.03 Å². The second-order valence-electron chi connectivity index (χ2n) is 2.83. The van der Waals surface area contributed by atoms with Gasteiger partial charge in [-0.2, -0.15) is 0 Å². The molecule has 0 amide bonds. The Bertz CT molecular complexity index is 323. The number of hydrogen-bond donors (Lipinski definition) is 2. The molecule has 4 nitrogen and oxygen atoms in total. The molecule has 0 radical (unpaired) electrons. The monoisotopic (exact) mass is 166 g/mol. The summed E-state index contributed by atoms with van der Waals surface area (Å²) >= 11 is 0. The highest BCUT2D eigenvalue weighted by molar-refractivity contribution is 5.48. The smallest absolute Gasteiger partial charge is 0.376 e. The van der Waals surface area contributed by atoms with Gasteiger partial charge < -0.3 is 9.47 Å². The van der Waals surface area contributed by atoms with E-state index in [1.807, 2.05) is 19.1 Å². The fourth-order valence-electron chi connectivity index (χ4n) is 1.19. The van der Waals surface area contributed by atoms with E-state index in [0.717, 1.165) is 5.56 Å². The maximum atomic E-state index is 5.43. The molecule has 1 heterocycles. The zero-order valence-electron chi connectivity index (χ0n) is 6.70. The molecule has 64 valence electrons. The summed E-state index contributed by atoms with van der Waals surface area (Å²) in [4.78, 5) is 0. The predicted octanol–water partition coefficient (Wildman–Crippen LogP) is 0.295. The molecule has 4 N–H and O–H groups in total. The molecule has 0 saturated carbocycles. The van der Waals surface area contributed by atoms with Crippen molar-refractivity contribution in [2.75, 3.05) is 0 Å². The van der Waals surface area contributed by atoms with Crippen LogP contribution < -0.4 is 20.9 Å². The molecule has 2 rings (SSSR count). The van der Waals surface area contributed by atoms with Crippen LogP contribution in [0.5, 0.6) is 11.5 Å². The van der Waals surface area contributed by atoms with Crippen LogP contribution in [0.2, 0.25) is 0 Å². The number of aryl methyl sites for hydroxylation is 1. The van der Waals surface area contributed by atoms with Crippen molar-refractivity contribution >= 4 is 0 Å². The van der Waals surface area contributed by atoms with Gasteiger partial charge in [0.05, 0.1) is 0 Å². The second kappa shape index (κ2) is 2.12. The fourth-order valence-corrected chi connectivity index (χ4v) is 1.19. The number of fused-ring (bicyclic) bond motifs is 1. The zero-order chi connectivity index (χ0) is 8.77. The summed E-state index contributed by atoms with van der Waals surface area (Å²) < 4.78 is 10.3. The average Bonchev–Trinajstić information content (AvgIpc) is 2.25. The summed E-state index contributed by atoms with van der Waals surface area (Å²) in [6, 6.07) is 4.03. The highest BCUT2D eigenvalue weighted by Crippen LogP contribution is 2.37. The highest BCUT2D eigenvalue weighted by Gasteiger charge is 2.34. The van der Waals surface area contributed by atoms with Crippen LogP contribution in [-0.2, 0) is 0 Å². The minimum absolute atomic E-state index is 0.597. The van der Waals surface area contributed by atoms with Crippen LogP contribution in [0.15, 0.2) is 18.2 Å². The summed E-state index contributed by atoms with van der Waals surface area (Å²) in [5.74, 6) is 1.22. The van der Waals surface area contributed by atoms with Gasteiger partial charge in [0.1, 0.15) is 0 Å². The van der Waals surface area contributed by atoms with Crippen molar-refractivity contribution in [1.82, 2.24) is 0 Å². The Hall–Kier alpha value is -1.26. The summed E-state index contributed by atoms with van der Waals surface area (Å²) in [5, 5.41) is 0. The molecule has 0 unspecified atom stereocenters. The lowest BCUT2D eigenvalue weighted by Crippen LogP contribution is -2.56. The van der Waals surface area contributed by atoms with Crippen LogP contribution in [0.25, 0.3) is 0 Å². The Morgan fingerprint density at radius 1 is 1.25 bits per heavy atom. The van der Waals surface area contributed by atoms with E-state index in [9.17, 15) is 0 Å². The van der Waals surface area contributed by atoms with Crippen molar-refractivity contribution in [2.45, 2.75) is 13.0 Å². The number of nitrogens with two attached hydrogens (primary N) is 2. The maximum absolute atomic E-state index is 5.43. The van der Waals surface area contributed by atoms with Crippen molar-refractivity contribution in [3.8, 4) is 11.5 Å². The molecule has 1 aliphatic rings. The topological polar surface area (TPSA) is 70.5 Å². The van der Waals surface area contributed by atoms with Gasteiger partial charge in [0, 0.05) is 0 Å². The van der Waals surface area contributed by atoms with Gasteiger partial charge in [-0.05, 0) is 18.6 Å². The van der Waals surface area contributed by atoms with Crippen molar-refractivity contribution in [3.63, 3.8) is 0 Å². The number of hydrogen-bond acceptors (Lipinski definition) is 4. The van der Waals surface area contributed by atoms with E-state index in [0.29, 0.717) is 11.5 Å². The van der Waals surface area contributed by atoms with Crippen molar-refractivity contribution < 1.29 is 9.47 Å². The molecule has 0 atom stereocenters. The predicted molar refractivity (Wildman–Crippen MR) is 43.5 cm³/mol. The Balaban J connectivity index is 2.48. The summed E-state index contributed by atoms with van der Waals surface area (Å²) in [6.45, 7) is 1.91. The lowest BCUT2D eigenvalue weighted by Gasteiger charge is -2.15. The third-order valence-electron chi connectivity index (χ3n) is 1.71. The third-order valence-corrected chi connectivity index (χ3v) is 1.71. The molecule has 4 heteroatoms. The van der Waals surface area contributed by atoms with Crippen molar-refractivity contribution in [1.29, 1.82) is 0 Å². The minimum atomic E-state index is -1.51. The van der Waals surface area contributed by atoms with Crippen LogP contribution in [0.1, 0.15) is 5.56 Å². The highest BCUT2D eigenvalue weighted by atomic mass is 16.8. The molecular formula is C8H10N2O2. The summed E-state index contributed by atoms with van der Waals surface area (Å²) in [7, 11) is 0. The van der Waals surface area contributed by atoms with Gasteiger partial charge in [-0.3, -0.25) is 0 Å². The standard InChI is InChI=1S/C8H10N2O2/c1-5-3-2-4-6-7(5)12-8(9,10)11-6/h2-4H,9-10H2,1H3. The molecule has 0 fully saturated rings. The fraction of sp³-hybridized carbons (Fsp3) is 0.250. The van der Waals surface area contributed by atoms with Gasteiger partial charge in [-0.25, -0.2) is 11.5 Å². The van der Waals surface area contributed by atoms with E-state index in [2.05, 4.69) is 0 Å². The SMILES string of the molecule is Cc1cccc2c1OC(N)(N)O2. The molecule has 0 saturated heterocycles. The number of benzene rings is 1. The second-order valence-corrected chi connectivity index (χ2v) is 2.83. The largest absolute Gasteiger partial charge is 0.423 e. The van der Waals surface area contributed by atoms with Gasteiger partial charge >= 0.3 is 6.03 Å². The molecular weight excluding hydrogens is 156 g/mol. The molecule has 1 aromatic carbocycles. The number of ether oxygens (including phenoxy) is 2. The van der Waals surface area contributed by atoms with Gasteiger partial charge in [0.25, 0.3) is 0 Å². The zero-order valence-corrected chi connectivity index (χ0v) is 6.70. The molecule has 0 spiro atoms. The van der Waals surface area contributed by atoms with Gasteiger partial charge in [-0.1, -0.05) is 12.1 Å². The van der Waals surface area contributed by atoms with Crippen LogP contribution in [-0.4, -0.2) is 6.03 Å².